The number of aryl methyl sites for hydroxylation is 1. The van der Waals surface area contributed by atoms with E-state index in [0.29, 0.717) is 5.56 Å². The molecule has 94 valence electrons. The number of aromatic nitrogens is 1. The Balaban J connectivity index is 3.04. The zero-order valence-corrected chi connectivity index (χ0v) is 10.4. The summed E-state index contributed by atoms with van der Waals surface area (Å²) in [5.74, 6) is -1.44. The predicted octanol–water partition coefficient (Wildman–Crippen LogP) is 1.31. The third-order valence-electron chi connectivity index (χ3n) is 2.29. The fourth-order valence-electron chi connectivity index (χ4n) is 1.37. The molecule has 0 saturated heterocycles. The van der Waals surface area contributed by atoms with Crippen LogP contribution in [0.3, 0.4) is 0 Å². The molecule has 0 saturated carbocycles. The van der Waals surface area contributed by atoms with Gasteiger partial charge >= 0.3 is 5.97 Å². The SMILES string of the molecule is Cc1cnoc1C(=O)N(CC(=O)O)C(C)(C)C. The zero-order valence-electron chi connectivity index (χ0n) is 10.4. The zero-order chi connectivity index (χ0) is 13.2. The second-order valence-corrected chi connectivity index (χ2v) is 4.79. The molecule has 1 heterocycles. The van der Waals surface area contributed by atoms with Gasteiger partial charge in [0, 0.05) is 11.1 Å². The van der Waals surface area contributed by atoms with E-state index in [9.17, 15) is 9.59 Å². The van der Waals surface area contributed by atoms with Crippen molar-refractivity contribution in [1.82, 2.24) is 10.1 Å². The molecule has 0 aliphatic rings. The van der Waals surface area contributed by atoms with Gasteiger partial charge in [-0.3, -0.25) is 9.59 Å². The number of carboxylic acid groups (broad SMARTS) is 1. The maximum Gasteiger partial charge on any atom is 0.323 e. The van der Waals surface area contributed by atoms with Gasteiger partial charge in [-0.2, -0.15) is 0 Å². The van der Waals surface area contributed by atoms with Crippen LogP contribution in [-0.2, 0) is 4.79 Å². The fraction of sp³-hybridized carbons (Fsp3) is 0.545. The summed E-state index contributed by atoms with van der Waals surface area (Å²) < 4.78 is 4.85. The molecule has 0 spiro atoms. The summed E-state index contributed by atoms with van der Waals surface area (Å²) in [4.78, 5) is 24.2. The van der Waals surface area contributed by atoms with Crippen molar-refractivity contribution in [2.24, 2.45) is 0 Å². The van der Waals surface area contributed by atoms with E-state index in [0.717, 1.165) is 0 Å². The Bertz CT molecular complexity index is 431. The van der Waals surface area contributed by atoms with Crippen molar-refractivity contribution in [2.45, 2.75) is 33.2 Å². The second kappa shape index (κ2) is 4.57. The first-order valence-corrected chi connectivity index (χ1v) is 5.18. The summed E-state index contributed by atoms with van der Waals surface area (Å²) in [7, 11) is 0. The highest BCUT2D eigenvalue weighted by Gasteiger charge is 2.32. The third-order valence-corrected chi connectivity index (χ3v) is 2.29. The molecule has 1 N–H and O–H groups in total. The number of hydrogen-bond acceptors (Lipinski definition) is 4. The van der Waals surface area contributed by atoms with Gasteiger partial charge in [0.15, 0.2) is 0 Å². The number of nitrogens with zero attached hydrogens (tertiary/aromatic N) is 2. The average molecular weight is 240 g/mol. The van der Waals surface area contributed by atoms with Crippen molar-refractivity contribution in [1.29, 1.82) is 0 Å². The maximum absolute atomic E-state index is 12.1. The smallest absolute Gasteiger partial charge is 0.323 e. The lowest BCUT2D eigenvalue weighted by molar-refractivity contribution is -0.138. The van der Waals surface area contributed by atoms with Crippen molar-refractivity contribution < 1.29 is 19.2 Å². The van der Waals surface area contributed by atoms with E-state index in [-0.39, 0.29) is 12.3 Å². The van der Waals surface area contributed by atoms with Crippen LogP contribution >= 0.6 is 0 Å². The summed E-state index contributed by atoms with van der Waals surface area (Å²) in [5, 5.41) is 12.3. The van der Waals surface area contributed by atoms with E-state index in [2.05, 4.69) is 5.16 Å². The van der Waals surface area contributed by atoms with E-state index >= 15 is 0 Å². The van der Waals surface area contributed by atoms with Gasteiger partial charge in [-0.1, -0.05) is 5.16 Å². The van der Waals surface area contributed by atoms with E-state index in [1.807, 2.05) is 0 Å². The quantitative estimate of drug-likeness (QED) is 0.861. The number of carbonyl (C=O) groups is 2. The molecule has 0 atom stereocenters. The van der Waals surface area contributed by atoms with Crippen molar-refractivity contribution >= 4 is 11.9 Å². The van der Waals surface area contributed by atoms with Crippen LogP contribution < -0.4 is 0 Å². The lowest BCUT2D eigenvalue weighted by Crippen LogP contribution is -2.48. The van der Waals surface area contributed by atoms with Crippen molar-refractivity contribution in [3.63, 3.8) is 0 Å². The Morgan fingerprint density at radius 1 is 1.47 bits per heavy atom. The predicted molar refractivity (Wildman–Crippen MR) is 59.7 cm³/mol. The van der Waals surface area contributed by atoms with Gasteiger partial charge in [-0.05, 0) is 27.7 Å². The average Bonchev–Trinajstić information content (AvgIpc) is 2.58. The molecule has 6 nitrogen and oxygen atoms in total. The molecule has 0 aliphatic carbocycles. The highest BCUT2D eigenvalue weighted by molar-refractivity contribution is 5.94. The van der Waals surface area contributed by atoms with Crippen LogP contribution in [0.15, 0.2) is 10.7 Å². The van der Waals surface area contributed by atoms with E-state index in [1.54, 1.807) is 27.7 Å². The fourth-order valence-corrected chi connectivity index (χ4v) is 1.37. The number of carbonyl (C=O) groups excluding carboxylic acids is 1. The molecule has 0 bridgehead atoms. The first kappa shape index (κ1) is 13.2. The Morgan fingerprint density at radius 3 is 2.41 bits per heavy atom. The standard InChI is InChI=1S/C11H16N2O4/c1-7-5-12-17-9(7)10(16)13(6-8(14)15)11(2,3)4/h5H,6H2,1-4H3,(H,14,15). The molecule has 1 rings (SSSR count). The number of amides is 1. The summed E-state index contributed by atoms with van der Waals surface area (Å²) in [5.41, 5.74) is -0.0102. The van der Waals surface area contributed by atoms with Crippen LogP contribution in [0.5, 0.6) is 0 Å². The lowest BCUT2D eigenvalue weighted by atomic mass is 10.0. The van der Waals surface area contributed by atoms with Gasteiger partial charge in [0.25, 0.3) is 5.91 Å². The van der Waals surface area contributed by atoms with Crippen molar-refractivity contribution in [3.05, 3.63) is 17.5 Å². The number of aliphatic carboxylic acids is 1. The van der Waals surface area contributed by atoms with Gasteiger partial charge < -0.3 is 14.5 Å². The Kier molecular flexibility index (Phi) is 3.55. The van der Waals surface area contributed by atoms with Gasteiger partial charge in [0.2, 0.25) is 5.76 Å². The van der Waals surface area contributed by atoms with Crippen LogP contribution in [0.25, 0.3) is 0 Å². The van der Waals surface area contributed by atoms with E-state index in [1.165, 1.54) is 11.1 Å². The highest BCUT2D eigenvalue weighted by Crippen LogP contribution is 2.18. The van der Waals surface area contributed by atoms with Crippen LogP contribution in [0.1, 0.15) is 36.9 Å². The molecule has 0 unspecified atom stereocenters. The second-order valence-electron chi connectivity index (χ2n) is 4.79. The molecule has 6 heteroatoms. The molecular weight excluding hydrogens is 224 g/mol. The third kappa shape index (κ3) is 3.05. The molecular formula is C11H16N2O4. The Hall–Kier alpha value is -1.85. The monoisotopic (exact) mass is 240 g/mol. The lowest BCUT2D eigenvalue weighted by Gasteiger charge is -2.33. The molecule has 0 radical (unpaired) electrons. The molecule has 0 aliphatic heterocycles. The number of carboxylic acids is 1. The van der Waals surface area contributed by atoms with E-state index < -0.39 is 17.4 Å². The molecule has 1 aromatic heterocycles. The molecule has 0 aromatic carbocycles. The topological polar surface area (TPSA) is 83.6 Å². The van der Waals surface area contributed by atoms with Gasteiger partial charge in [0.05, 0.1) is 6.20 Å². The van der Waals surface area contributed by atoms with Gasteiger partial charge in [-0.15, -0.1) is 0 Å². The van der Waals surface area contributed by atoms with Crippen molar-refractivity contribution in [3.8, 4) is 0 Å². The van der Waals surface area contributed by atoms with Gasteiger partial charge in [0.1, 0.15) is 6.54 Å². The van der Waals surface area contributed by atoms with Crippen LogP contribution in [-0.4, -0.2) is 39.1 Å². The molecule has 0 fully saturated rings. The van der Waals surface area contributed by atoms with E-state index in [4.69, 9.17) is 9.63 Å². The summed E-state index contributed by atoms with van der Waals surface area (Å²) in [6.45, 7) is 6.60. The van der Waals surface area contributed by atoms with Crippen LogP contribution in [0, 0.1) is 6.92 Å². The molecule has 1 amide bonds. The Morgan fingerprint density at radius 2 is 2.06 bits per heavy atom. The van der Waals surface area contributed by atoms with Gasteiger partial charge in [-0.25, -0.2) is 0 Å². The number of rotatable bonds is 3. The summed E-state index contributed by atoms with van der Waals surface area (Å²) >= 11 is 0. The van der Waals surface area contributed by atoms with Crippen LogP contribution in [0.2, 0.25) is 0 Å². The van der Waals surface area contributed by atoms with Crippen molar-refractivity contribution in [2.75, 3.05) is 6.54 Å². The largest absolute Gasteiger partial charge is 0.480 e. The molecule has 1 aromatic rings. The summed E-state index contributed by atoms with van der Waals surface area (Å²) in [6.07, 6.45) is 1.43. The maximum atomic E-state index is 12.1. The first-order chi connectivity index (χ1) is 7.73. The minimum Gasteiger partial charge on any atom is -0.480 e. The Labute approximate surface area is 99.2 Å². The van der Waals surface area contributed by atoms with Crippen LogP contribution in [0.4, 0.5) is 0 Å². The first-order valence-electron chi connectivity index (χ1n) is 5.18. The normalized spacial score (nSPS) is 11.3. The number of hydrogen-bond donors (Lipinski definition) is 1. The minimum atomic E-state index is -1.06. The molecule has 17 heavy (non-hydrogen) atoms. The summed E-state index contributed by atoms with van der Waals surface area (Å²) in [6, 6.07) is 0. The minimum absolute atomic E-state index is 0.0844. The highest BCUT2D eigenvalue weighted by atomic mass is 16.5.